The van der Waals surface area contributed by atoms with Crippen molar-refractivity contribution in [1.82, 2.24) is 9.97 Å². The molecule has 3 rings (SSSR count). The van der Waals surface area contributed by atoms with E-state index in [0.717, 1.165) is 23.2 Å². The van der Waals surface area contributed by atoms with E-state index in [1.54, 1.807) is 12.1 Å². The lowest BCUT2D eigenvalue weighted by Crippen LogP contribution is -2.14. The molecule has 7 heteroatoms. The average Bonchev–Trinajstić information content (AvgIpc) is 2.71. The molecule has 0 saturated carbocycles. The number of ether oxygens (including phenoxy) is 1. The number of anilines is 3. The van der Waals surface area contributed by atoms with Gasteiger partial charge in [0, 0.05) is 29.2 Å². The second-order valence-electron chi connectivity index (χ2n) is 6.19. The van der Waals surface area contributed by atoms with Gasteiger partial charge in [0.25, 0.3) is 5.91 Å². The fourth-order valence-electron chi connectivity index (χ4n) is 2.71. The number of carbonyl (C=O) groups excluding carboxylic acids is 1. The van der Waals surface area contributed by atoms with Crippen molar-refractivity contribution in [3.8, 4) is 5.75 Å². The van der Waals surface area contributed by atoms with Crippen molar-refractivity contribution >= 4 is 34.8 Å². The number of rotatable bonds is 6. The Morgan fingerprint density at radius 2 is 1.86 bits per heavy atom. The van der Waals surface area contributed by atoms with Crippen molar-refractivity contribution in [2.75, 3.05) is 17.7 Å². The number of benzene rings is 2. The van der Waals surface area contributed by atoms with Gasteiger partial charge >= 0.3 is 0 Å². The third-order valence-electron chi connectivity index (χ3n) is 4.29. The number of hydrogen-bond donors (Lipinski definition) is 2. The van der Waals surface area contributed by atoms with Gasteiger partial charge in [-0.1, -0.05) is 36.7 Å². The van der Waals surface area contributed by atoms with Crippen LogP contribution in [0, 0.1) is 6.92 Å². The SMILES string of the molecule is CCc1ccccc1Nc1ncc(C(=O)Nc2cc(C)c(Cl)cc2OC)cn1. The maximum absolute atomic E-state index is 12.5. The van der Waals surface area contributed by atoms with Crippen molar-refractivity contribution in [1.29, 1.82) is 0 Å². The first-order valence-electron chi connectivity index (χ1n) is 8.84. The van der Waals surface area contributed by atoms with E-state index in [1.165, 1.54) is 19.5 Å². The van der Waals surface area contributed by atoms with E-state index in [2.05, 4.69) is 27.5 Å². The molecule has 0 fully saturated rings. The number of aromatic nitrogens is 2. The molecule has 144 valence electrons. The molecule has 0 unspecified atom stereocenters. The molecule has 1 heterocycles. The van der Waals surface area contributed by atoms with Crippen molar-refractivity contribution in [3.63, 3.8) is 0 Å². The van der Waals surface area contributed by atoms with Crippen LogP contribution in [0.5, 0.6) is 5.75 Å². The van der Waals surface area contributed by atoms with E-state index >= 15 is 0 Å². The van der Waals surface area contributed by atoms with E-state index in [1.807, 2.05) is 31.2 Å². The summed E-state index contributed by atoms with van der Waals surface area (Å²) in [6, 6.07) is 11.4. The first-order valence-corrected chi connectivity index (χ1v) is 9.22. The molecule has 2 N–H and O–H groups in total. The number of carbonyl (C=O) groups is 1. The van der Waals surface area contributed by atoms with Crippen LogP contribution in [0.15, 0.2) is 48.8 Å². The van der Waals surface area contributed by atoms with Crippen LogP contribution in [0.4, 0.5) is 17.3 Å². The minimum atomic E-state index is -0.333. The minimum absolute atomic E-state index is 0.333. The summed E-state index contributed by atoms with van der Waals surface area (Å²) in [5.41, 5.74) is 3.82. The molecular formula is C21H21ClN4O2. The van der Waals surface area contributed by atoms with Gasteiger partial charge in [-0.2, -0.15) is 0 Å². The van der Waals surface area contributed by atoms with Crippen molar-refractivity contribution in [2.45, 2.75) is 20.3 Å². The molecule has 1 amide bonds. The fraction of sp³-hybridized carbons (Fsp3) is 0.190. The smallest absolute Gasteiger partial charge is 0.258 e. The molecule has 0 aliphatic rings. The topological polar surface area (TPSA) is 76.1 Å². The highest BCUT2D eigenvalue weighted by Crippen LogP contribution is 2.31. The summed E-state index contributed by atoms with van der Waals surface area (Å²) in [5, 5.41) is 6.56. The number of methoxy groups -OCH3 is 1. The normalized spacial score (nSPS) is 10.4. The summed E-state index contributed by atoms with van der Waals surface area (Å²) in [6.07, 6.45) is 3.86. The summed E-state index contributed by atoms with van der Waals surface area (Å²) in [5.74, 6) is 0.581. The molecule has 0 radical (unpaired) electrons. The van der Waals surface area contributed by atoms with E-state index in [9.17, 15) is 4.79 Å². The molecule has 0 aliphatic heterocycles. The molecular weight excluding hydrogens is 376 g/mol. The predicted molar refractivity (Wildman–Crippen MR) is 112 cm³/mol. The van der Waals surface area contributed by atoms with Gasteiger partial charge < -0.3 is 15.4 Å². The van der Waals surface area contributed by atoms with Crippen LogP contribution in [-0.2, 0) is 6.42 Å². The Bertz CT molecular complexity index is 990. The molecule has 0 spiro atoms. The van der Waals surface area contributed by atoms with Crippen LogP contribution < -0.4 is 15.4 Å². The minimum Gasteiger partial charge on any atom is -0.495 e. The average molecular weight is 397 g/mol. The largest absolute Gasteiger partial charge is 0.495 e. The highest BCUT2D eigenvalue weighted by atomic mass is 35.5. The van der Waals surface area contributed by atoms with E-state index in [0.29, 0.717) is 28.0 Å². The number of nitrogens with one attached hydrogen (secondary N) is 2. The van der Waals surface area contributed by atoms with E-state index < -0.39 is 0 Å². The van der Waals surface area contributed by atoms with Gasteiger partial charge in [0.05, 0.1) is 18.4 Å². The van der Waals surface area contributed by atoms with E-state index in [4.69, 9.17) is 16.3 Å². The van der Waals surface area contributed by atoms with Crippen LogP contribution in [-0.4, -0.2) is 23.0 Å². The zero-order chi connectivity index (χ0) is 20.1. The number of halogens is 1. The second kappa shape index (κ2) is 8.71. The van der Waals surface area contributed by atoms with Gasteiger partial charge in [0.15, 0.2) is 0 Å². The lowest BCUT2D eigenvalue weighted by atomic mass is 10.1. The van der Waals surface area contributed by atoms with Crippen LogP contribution in [0.25, 0.3) is 0 Å². The molecule has 0 bridgehead atoms. The maximum Gasteiger partial charge on any atom is 0.258 e. The number of amides is 1. The highest BCUT2D eigenvalue weighted by Gasteiger charge is 2.13. The highest BCUT2D eigenvalue weighted by molar-refractivity contribution is 6.31. The summed E-state index contributed by atoms with van der Waals surface area (Å²) in [4.78, 5) is 21.1. The lowest BCUT2D eigenvalue weighted by molar-refractivity contribution is 0.102. The molecule has 0 aliphatic carbocycles. The molecule has 3 aromatic rings. The van der Waals surface area contributed by atoms with Gasteiger partial charge in [-0.3, -0.25) is 4.79 Å². The quantitative estimate of drug-likeness (QED) is 0.612. The van der Waals surface area contributed by atoms with Gasteiger partial charge in [0.2, 0.25) is 5.95 Å². The fourth-order valence-corrected chi connectivity index (χ4v) is 2.86. The number of nitrogens with zero attached hydrogens (tertiary/aromatic N) is 2. The lowest BCUT2D eigenvalue weighted by Gasteiger charge is -2.12. The molecule has 0 saturated heterocycles. The summed E-state index contributed by atoms with van der Waals surface area (Å²) in [6.45, 7) is 3.94. The maximum atomic E-state index is 12.5. The number of hydrogen-bond acceptors (Lipinski definition) is 5. The Balaban J connectivity index is 1.75. The molecule has 2 aromatic carbocycles. The van der Waals surface area contributed by atoms with Gasteiger partial charge in [0.1, 0.15) is 5.75 Å². The van der Waals surface area contributed by atoms with Gasteiger partial charge in [-0.05, 0) is 36.6 Å². The van der Waals surface area contributed by atoms with Crippen LogP contribution >= 0.6 is 11.6 Å². The van der Waals surface area contributed by atoms with Crippen LogP contribution in [0.3, 0.4) is 0 Å². The zero-order valence-electron chi connectivity index (χ0n) is 15.9. The molecule has 0 atom stereocenters. The molecule has 28 heavy (non-hydrogen) atoms. The zero-order valence-corrected chi connectivity index (χ0v) is 16.7. The van der Waals surface area contributed by atoms with Crippen LogP contribution in [0.1, 0.15) is 28.4 Å². The van der Waals surface area contributed by atoms with Crippen molar-refractivity contribution in [3.05, 3.63) is 70.5 Å². The number of para-hydroxylation sites is 1. The van der Waals surface area contributed by atoms with Crippen molar-refractivity contribution < 1.29 is 9.53 Å². The standard InChI is InChI=1S/C21H21ClN4O2/c1-4-14-7-5-6-8-17(14)26-21-23-11-15(12-24-21)20(27)25-18-9-13(2)16(22)10-19(18)28-3/h5-12H,4H2,1-3H3,(H,25,27)(H,23,24,26). The molecule has 1 aromatic heterocycles. The van der Waals surface area contributed by atoms with Crippen molar-refractivity contribution in [2.24, 2.45) is 0 Å². The monoisotopic (exact) mass is 396 g/mol. The summed E-state index contributed by atoms with van der Waals surface area (Å²) in [7, 11) is 1.52. The van der Waals surface area contributed by atoms with Gasteiger partial charge in [-0.25, -0.2) is 9.97 Å². The third kappa shape index (κ3) is 4.40. The van der Waals surface area contributed by atoms with Gasteiger partial charge in [-0.15, -0.1) is 0 Å². The van der Waals surface area contributed by atoms with E-state index in [-0.39, 0.29) is 5.91 Å². The predicted octanol–water partition coefficient (Wildman–Crippen LogP) is 5.01. The van der Waals surface area contributed by atoms with Crippen LogP contribution in [0.2, 0.25) is 5.02 Å². The summed E-state index contributed by atoms with van der Waals surface area (Å²) >= 11 is 6.10. The summed E-state index contributed by atoms with van der Waals surface area (Å²) < 4.78 is 5.28. The first-order chi connectivity index (χ1) is 13.5. The Morgan fingerprint density at radius 1 is 1.14 bits per heavy atom. The Morgan fingerprint density at radius 3 is 2.54 bits per heavy atom. The third-order valence-corrected chi connectivity index (χ3v) is 4.69. The number of aryl methyl sites for hydroxylation is 2. The Kier molecular flexibility index (Phi) is 6.11. The Hall–Kier alpha value is -3.12. The molecule has 6 nitrogen and oxygen atoms in total. The first kappa shape index (κ1) is 19.6. The Labute approximate surface area is 168 Å². The second-order valence-corrected chi connectivity index (χ2v) is 6.59.